The monoisotopic (exact) mass is 385 g/mol. The number of ether oxygens (including phenoxy) is 5. The molecule has 28 heavy (non-hydrogen) atoms. The van der Waals surface area contributed by atoms with Crippen LogP contribution < -0.4 is 0 Å². The maximum Gasteiger partial charge on any atom is 0.190 e. The molecule has 0 unspecified atom stereocenters. The molecule has 3 aliphatic rings. The zero-order chi connectivity index (χ0) is 19.7. The minimum Gasteiger partial charge on any atom is -0.343 e. The average molecular weight is 385 g/mol. The van der Waals surface area contributed by atoms with Crippen LogP contribution in [-0.2, 0) is 30.1 Å². The first-order valence-corrected chi connectivity index (χ1v) is 9.93. The molecule has 6 heteroatoms. The smallest absolute Gasteiger partial charge is 0.190 e. The van der Waals surface area contributed by atoms with Crippen LogP contribution in [0.25, 0.3) is 10.9 Å². The van der Waals surface area contributed by atoms with Crippen LogP contribution in [0.2, 0.25) is 0 Å². The number of hydrogen-bond donors (Lipinski definition) is 0. The third-order valence-electron chi connectivity index (χ3n) is 5.60. The summed E-state index contributed by atoms with van der Waals surface area (Å²) in [6.45, 7) is 9.69. The van der Waals surface area contributed by atoms with Gasteiger partial charge < -0.3 is 23.7 Å². The van der Waals surface area contributed by atoms with Gasteiger partial charge in [0.05, 0.1) is 11.6 Å². The number of para-hydroxylation sites is 1. The van der Waals surface area contributed by atoms with E-state index in [2.05, 4.69) is 17.1 Å². The molecule has 0 spiro atoms. The molecule has 0 bridgehead atoms. The molecule has 0 amide bonds. The van der Waals surface area contributed by atoms with Crippen molar-refractivity contribution in [3.8, 4) is 0 Å². The van der Waals surface area contributed by atoms with Crippen molar-refractivity contribution in [1.82, 2.24) is 4.98 Å². The molecular formula is C22H27NO5. The number of rotatable bonds is 2. The lowest BCUT2D eigenvalue weighted by Crippen LogP contribution is -2.55. The van der Waals surface area contributed by atoms with E-state index in [-0.39, 0.29) is 24.4 Å². The van der Waals surface area contributed by atoms with Crippen molar-refractivity contribution >= 4 is 10.9 Å². The van der Waals surface area contributed by atoms with Crippen molar-refractivity contribution in [3.05, 3.63) is 41.6 Å². The third kappa shape index (κ3) is 3.13. The predicted molar refractivity (Wildman–Crippen MR) is 103 cm³/mol. The van der Waals surface area contributed by atoms with E-state index in [1.807, 2.05) is 52.8 Å². The van der Waals surface area contributed by atoms with Crippen molar-refractivity contribution in [1.29, 1.82) is 0 Å². The van der Waals surface area contributed by atoms with Gasteiger partial charge in [-0.05, 0) is 52.3 Å². The standard InChI is InChI=1S/C22H27NO5/c1-12-10-13(14-8-6-7-9-15(14)23-12)11-16-17-18(26-21(2,3)25-17)19-20(24-16)28-22(4,5)27-19/h6-10,16-20H,11H2,1-5H3/t16-,17+,18-,19+,20-/m0/s1. The highest BCUT2D eigenvalue weighted by molar-refractivity contribution is 5.82. The molecule has 0 aliphatic carbocycles. The largest absolute Gasteiger partial charge is 0.343 e. The van der Waals surface area contributed by atoms with Gasteiger partial charge in [0.15, 0.2) is 17.9 Å². The lowest BCUT2D eigenvalue weighted by atomic mass is 9.93. The Balaban J connectivity index is 1.50. The summed E-state index contributed by atoms with van der Waals surface area (Å²) in [5, 5.41) is 1.14. The first kappa shape index (κ1) is 18.5. The van der Waals surface area contributed by atoms with Gasteiger partial charge in [0.2, 0.25) is 0 Å². The average Bonchev–Trinajstić information content (AvgIpc) is 3.09. The van der Waals surface area contributed by atoms with Crippen LogP contribution in [0.3, 0.4) is 0 Å². The fourth-order valence-corrected chi connectivity index (χ4v) is 4.64. The molecule has 150 valence electrons. The van der Waals surface area contributed by atoms with E-state index in [0.29, 0.717) is 6.42 Å². The Kier molecular flexibility index (Phi) is 4.09. The summed E-state index contributed by atoms with van der Waals surface area (Å²) in [4.78, 5) is 4.65. The second kappa shape index (κ2) is 6.21. The lowest BCUT2D eigenvalue weighted by molar-refractivity contribution is -0.233. The summed E-state index contributed by atoms with van der Waals surface area (Å²) >= 11 is 0. The maximum atomic E-state index is 6.37. The number of hydrogen-bond acceptors (Lipinski definition) is 6. The van der Waals surface area contributed by atoms with Crippen LogP contribution in [0.15, 0.2) is 30.3 Å². The Morgan fingerprint density at radius 3 is 2.39 bits per heavy atom. The number of benzene rings is 1. The molecule has 4 heterocycles. The highest BCUT2D eigenvalue weighted by Gasteiger charge is 2.60. The number of aromatic nitrogens is 1. The molecule has 0 N–H and O–H groups in total. The van der Waals surface area contributed by atoms with Crippen LogP contribution in [0.1, 0.15) is 39.0 Å². The Morgan fingerprint density at radius 2 is 1.57 bits per heavy atom. The first-order chi connectivity index (χ1) is 13.2. The molecule has 1 aromatic carbocycles. The van der Waals surface area contributed by atoms with E-state index in [1.54, 1.807) is 0 Å². The number of aryl methyl sites for hydroxylation is 1. The van der Waals surface area contributed by atoms with Gasteiger partial charge in [0, 0.05) is 17.5 Å². The van der Waals surface area contributed by atoms with Crippen molar-refractivity contribution in [3.63, 3.8) is 0 Å². The summed E-state index contributed by atoms with van der Waals surface area (Å²) < 4.78 is 31.0. The molecule has 3 fully saturated rings. The normalized spacial score (nSPS) is 35.7. The molecule has 3 saturated heterocycles. The van der Waals surface area contributed by atoms with Gasteiger partial charge >= 0.3 is 0 Å². The second-order valence-electron chi connectivity index (χ2n) is 8.85. The van der Waals surface area contributed by atoms with E-state index in [1.165, 1.54) is 5.56 Å². The first-order valence-electron chi connectivity index (χ1n) is 9.93. The molecule has 1 aromatic heterocycles. The molecule has 5 rings (SSSR count). The van der Waals surface area contributed by atoms with Crippen LogP contribution >= 0.6 is 0 Å². The zero-order valence-corrected chi connectivity index (χ0v) is 17.0. The van der Waals surface area contributed by atoms with Crippen LogP contribution in [-0.4, -0.2) is 47.3 Å². The van der Waals surface area contributed by atoms with Crippen molar-refractivity contribution in [2.45, 2.75) is 83.3 Å². The summed E-state index contributed by atoms with van der Waals surface area (Å²) in [6.07, 6.45) is -0.717. The van der Waals surface area contributed by atoms with E-state index in [4.69, 9.17) is 23.7 Å². The highest BCUT2D eigenvalue weighted by Crippen LogP contribution is 2.44. The molecule has 0 saturated carbocycles. The Hall–Kier alpha value is -1.57. The lowest BCUT2D eigenvalue weighted by Gasteiger charge is -2.37. The van der Waals surface area contributed by atoms with Gasteiger partial charge in [-0.3, -0.25) is 4.98 Å². The second-order valence-corrected chi connectivity index (χ2v) is 8.85. The molecular weight excluding hydrogens is 358 g/mol. The number of pyridine rings is 1. The van der Waals surface area contributed by atoms with Crippen LogP contribution in [0.4, 0.5) is 0 Å². The van der Waals surface area contributed by atoms with Crippen molar-refractivity contribution in [2.24, 2.45) is 0 Å². The van der Waals surface area contributed by atoms with Crippen LogP contribution in [0, 0.1) is 6.92 Å². The fraction of sp³-hybridized carbons (Fsp3) is 0.591. The summed E-state index contributed by atoms with van der Waals surface area (Å²) in [5.41, 5.74) is 3.18. The molecule has 5 atom stereocenters. The third-order valence-corrected chi connectivity index (χ3v) is 5.60. The Labute approximate surface area is 165 Å². The van der Waals surface area contributed by atoms with Gasteiger partial charge in [0.1, 0.15) is 18.3 Å². The maximum absolute atomic E-state index is 6.37. The van der Waals surface area contributed by atoms with Gasteiger partial charge in [0.25, 0.3) is 0 Å². The van der Waals surface area contributed by atoms with Gasteiger partial charge in [-0.25, -0.2) is 0 Å². The molecule has 2 aromatic rings. The minimum atomic E-state index is -0.704. The van der Waals surface area contributed by atoms with Crippen LogP contribution in [0.5, 0.6) is 0 Å². The Bertz CT molecular complexity index is 911. The summed E-state index contributed by atoms with van der Waals surface area (Å²) in [5.74, 6) is -1.39. The van der Waals surface area contributed by atoms with Crippen molar-refractivity contribution in [2.75, 3.05) is 0 Å². The van der Waals surface area contributed by atoms with Gasteiger partial charge in [-0.15, -0.1) is 0 Å². The predicted octanol–water partition coefficient (Wildman–Crippen LogP) is 3.48. The van der Waals surface area contributed by atoms with E-state index in [0.717, 1.165) is 16.6 Å². The SMILES string of the molecule is Cc1cc(C[C@@H]2O[C@H]3OC(C)(C)O[C@@H]3[C@H]3OC(C)(C)O[C@@H]32)c2ccccc2n1. The van der Waals surface area contributed by atoms with Crippen molar-refractivity contribution < 1.29 is 23.7 Å². The quantitative estimate of drug-likeness (QED) is 0.789. The summed E-state index contributed by atoms with van der Waals surface area (Å²) in [7, 11) is 0. The molecule has 6 nitrogen and oxygen atoms in total. The topological polar surface area (TPSA) is 59.0 Å². The van der Waals surface area contributed by atoms with Gasteiger partial charge in [-0.1, -0.05) is 18.2 Å². The molecule has 3 aliphatic heterocycles. The highest BCUT2D eigenvalue weighted by atomic mass is 16.9. The molecule has 0 radical (unpaired) electrons. The van der Waals surface area contributed by atoms with E-state index < -0.39 is 17.9 Å². The number of fused-ring (bicyclic) bond motifs is 4. The number of nitrogens with zero attached hydrogens (tertiary/aromatic N) is 1. The summed E-state index contributed by atoms with van der Waals surface area (Å²) in [6, 6.07) is 10.3. The zero-order valence-electron chi connectivity index (χ0n) is 17.0. The Morgan fingerprint density at radius 1 is 0.893 bits per heavy atom. The van der Waals surface area contributed by atoms with E-state index in [9.17, 15) is 0 Å². The fourth-order valence-electron chi connectivity index (χ4n) is 4.64. The minimum absolute atomic E-state index is 0.198. The van der Waals surface area contributed by atoms with E-state index >= 15 is 0 Å². The van der Waals surface area contributed by atoms with Gasteiger partial charge in [-0.2, -0.15) is 0 Å².